The molecule has 1 saturated heterocycles. The molecule has 0 radical (unpaired) electrons. The summed E-state index contributed by atoms with van der Waals surface area (Å²) in [7, 11) is 1.77. The maximum absolute atomic E-state index is 12.6. The van der Waals surface area contributed by atoms with Crippen LogP contribution in [-0.4, -0.2) is 44.6 Å². The van der Waals surface area contributed by atoms with Gasteiger partial charge in [0.15, 0.2) is 0 Å². The van der Waals surface area contributed by atoms with E-state index >= 15 is 0 Å². The van der Waals surface area contributed by atoms with E-state index in [4.69, 9.17) is 0 Å². The van der Waals surface area contributed by atoms with E-state index in [9.17, 15) is 9.59 Å². The maximum Gasteiger partial charge on any atom is 0.274 e. The van der Waals surface area contributed by atoms with Crippen molar-refractivity contribution in [3.05, 3.63) is 46.3 Å². The molecule has 2 aromatic heterocycles. The molecule has 1 aliphatic heterocycles. The number of nitrogens with zero attached hydrogens (tertiary/aromatic N) is 4. The van der Waals surface area contributed by atoms with Gasteiger partial charge in [0.2, 0.25) is 0 Å². The van der Waals surface area contributed by atoms with E-state index in [1.807, 2.05) is 0 Å². The molecule has 0 bridgehead atoms. The standard InChI is InChI=1S/C14H16N6O2/c1-15-12-8-16-7-10(17-12)11-3-2-6-20(11)14(22)9-4-5-13(21)19-18-9/h4-5,7-8,11H,2-3,6H2,1H3,(H,15,17)(H,19,21). The van der Waals surface area contributed by atoms with Crippen LogP contribution in [0.5, 0.6) is 0 Å². The Morgan fingerprint density at radius 3 is 3.00 bits per heavy atom. The van der Waals surface area contributed by atoms with Crippen LogP contribution in [-0.2, 0) is 0 Å². The minimum atomic E-state index is -0.331. The van der Waals surface area contributed by atoms with Gasteiger partial charge in [-0.1, -0.05) is 0 Å². The number of rotatable bonds is 3. The van der Waals surface area contributed by atoms with Crippen LogP contribution in [0.2, 0.25) is 0 Å². The summed E-state index contributed by atoms with van der Waals surface area (Å²) in [5, 5.41) is 9.04. The summed E-state index contributed by atoms with van der Waals surface area (Å²) in [5.41, 5.74) is 0.647. The van der Waals surface area contributed by atoms with Crippen molar-refractivity contribution in [1.29, 1.82) is 0 Å². The van der Waals surface area contributed by atoms with Crippen molar-refractivity contribution in [3.63, 3.8) is 0 Å². The maximum atomic E-state index is 12.6. The Morgan fingerprint density at radius 1 is 1.41 bits per heavy atom. The van der Waals surface area contributed by atoms with Crippen LogP contribution in [0, 0.1) is 0 Å². The molecule has 2 aromatic rings. The quantitative estimate of drug-likeness (QED) is 0.859. The number of H-pyrrole nitrogens is 1. The van der Waals surface area contributed by atoms with Crippen molar-refractivity contribution in [3.8, 4) is 0 Å². The number of carbonyl (C=O) groups is 1. The molecule has 2 N–H and O–H groups in total. The second-order valence-electron chi connectivity index (χ2n) is 5.04. The van der Waals surface area contributed by atoms with E-state index in [2.05, 4.69) is 25.5 Å². The molecule has 1 amide bonds. The lowest BCUT2D eigenvalue weighted by Gasteiger charge is -2.23. The number of nitrogens with one attached hydrogen (secondary N) is 2. The lowest BCUT2D eigenvalue weighted by atomic mass is 10.1. The number of aromatic amines is 1. The van der Waals surface area contributed by atoms with Gasteiger partial charge in [-0.05, 0) is 18.9 Å². The zero-order valence-corrected chi connectivity index (χ0v) is 12.1. The summed E-state index contributed by atoms with van der Waals surface area (Å²) >= 11 is 0. The van der Waals surface area contributed by atoms with Crippen molar-refractivity contribution in [2.75, 3.05) is 18.9 Å². The van der Waals surface area contributed by atoms with Gasteiger partial charge in [-0.25, -0.2) is 10.1 Å². The Balaban J connectivity index is 1.87. The largest absolute Gasteiger partial charge is 0.372 e. The summed E-state index contributed by atoms with van der Waals surface area (Å²) in [4.78, 5) is 34.0. The van der Waals surface area contributed by atoms with Gasteiger partial charge >= 0.3 is 0 Å². The van der Waals surface area contributed by atoms with Gasteiger partial charge in [0.1, 0.15) is 11.5 Å². The Bertz CT molecular complexity index is 724. The first kappa shape index (κ1) is 14.2. The third-order valence-corrected chi connectivity index (χ3v) is 3.66. The zero-order chi connectivity index (χ0) is 15.5. The molecule has 1 fully saturated rings. The molecule has 3 heterocycles. The highest BCUT2D eigenvalue weighted by Gasteiger charge is 2.32. The number of hydrogen-bond donors (Lipinski definition) is 2. The second-order valence-corrected chi connectivity index (χ2v) is 5.04. The van der Waals surface area contributed by atoms with Gasteiger partial charge in [0.05, 0.1) is 24.1 Å². The summed E-state index contributed by atoms with van der Waals surface area (Å²) < 4.78 is 0. The van der Waals surface area contributed by atoms with Crippen molar-refractivity contribution in [2.24, 2.45) is 0 Å². The van der Waals surface area contributed by atoms with Gasteiger partial charge in [0, 0.05) is 19.7 Å². The number of aromatic nitrogens is 4. The van der Waals surface area contributed by atoms with Gasteiger partial charge in [0.25, 0.3) is 11.5 Å². The second kappa shape index (κ2) is 5.92. The number of carbonyl (C=O) groups excluding carboxylic acids is 1. The van der Waals surface area contributed by atoms with Gasteiger partial charge in [-0.3, -0.25) is 14.6 Å². The first-order valence-electron chi connectivity index (χ1n) is 7.05. The molecule has 114 valence electrons. The molecular weight excluding hydrogens is 284 g/mol. The molecule has 0 spiro atoms. The first-order chi connectivity index (χ1) is 10.7. The fourth-order valence-corrected chi connectivity index (χ4v) is 2.59. The fraction of sp³-hybridized carbons (Fsp3) is 0.357. The Hall–Kier alpha value is -2.77. The van der Waals surface area contributed by atoms with E-state index in [0.29, 0.717) is 12.4 Å². The SMILES string of the molecule is CNc1cncc(C2CCCN2C(=O)c2ccc(=O)[nH]n2)n1. The third kappa shape index (κ3) is 2.67. The summed E-state index contributed by atoms with van der Waals surface area (Å²) in [5.74, 6) is 0.453. The van der Waals surface area contributed by atoms with Gasteiger partial charge < -0.3 is 10.2 Å². The smallest absolute Gasteiger partial charge is 0.274 e. The predicted octanol–water partition coefficient (Wildman–Crippen LogP) is 0.579. The van der Waals surface area contributed by atoms with Gasteiger partial charge in [-0.15, -0.1) is 0 Å². The number of anilines is 1. The molecule has 22 heavy (non-hydrogen) atoms. The van der Waals surface area contributed by atoms with E-state index in [-0.39, 0.29) is 23.2 Å². The molecule has 3 rings (SSSR count). The Kier molecular flexibility index (Phi) is 3.82. The average molecular weight is 300 g/mol. The average Bonchev–Trinajstić information content (AvgIpc) is 3.04. The molecule has 0 aromatic carbocycles. The normalized spacial score (nSPS) is 17.5. The highest BCUT2D eigenvalue weighted by molar-refractivity contribution is 5.92. The van der Waals surface area contributed by atoms with Crippen LogP contribution >= 0.6 is 0 Å². The lowest BCUT2D eigenvalue weighted by molar-refractivity contribution is 0.0725. The molecule has 0 aliphatic carbocycles. The lowest BCUT2D eigenvalue weighted by Crippen LogP contribution is -2.32. The van der Waals surface area contributed by atoms with Crippen molar-refractivity contribution >= 4 is 11.7 Å². The molecule has 1 atom stereocenters. The van der Waals surface area contributed by atoms with E-state index in [1.54, 1.807) is 24.3 Å². The Morgan fingerprint density at radius 2 is 2.27 bits per heavy atom. The fourth-order valence-electron chi connectivity index (χ4n) is 2.59. The van der Waals surface area contributed by atoms with Crippen LogP contribution in [0.1, 0.15) is 35.1 Å². The molecule has 1 aliphatic rings. The topological polar surface area (TPSA) is 104 Å². The monoisotopic (exact) mass is 300 g/mol. The molecule has 8 nitrogen and oxygen atoms in total. The van der Waals surface area contributed by atoms with E-state index in [1.165, 1.54) is 12.1 Å². The van der Waals surface area contributed by atoms with Crippen LogP contribution in [0.3, 0.4) is 0 Å². The molecule has 1 unspecified atom stereocenters. The highest BCUT2D eigenvalue weighted by atomic mass is 16.2. The highest BCUT2D eigenvalue weighted by Crippen LogP contribution is 2.31. The molecule has 0 saturated carbocycles. The summed E-state index contributed by atoms with van der Waals surface area (Å²) in [6.45, 7) is 0.635. The number of amides is 1. The number of hydrogen-bond acceptors (Lipinski definition) is 6. The zero-order valence-electron chi connectivity index (χ0n) is 12.1. The van der Waals surface area contributed by atoms with Crippen LogP contribution in [0.25, 0.3) is 0 Å². The van der Waals surface area contributed by atoms with Crippen molar-refractivity contribution < 1.29 is 4.79 Å². The van der Waals surface area contributed by atoms with Crippen LogP contribution < -0.4 is 10.9 Å². The van der Waals surface area contributed by atoms with E-state index in [0.717, 1.165) is 18.5 Å². The van der Waals surface area contributed by atoms with Crippen LogP contribution in [0.4, 0.5) is 5.82 Å². The summed E-state index contributed by atoms with van der Waals surface area (Å²) in [6.07, 6.45) is 5.04. The van der Waals surface area contributed by atoms with Crippen molar-refractivity contribution in [1.82, 2.24) is 25.1 Å². The van der Waals surface area contributed by atoms with Crippen LogP contribution in [0.15, 0.2) is 29.3 Å². The first-order valence-corrected chi connectivity index (χ1v) is 7.05. The van der Waals surface area contributed by atoms with E-state index < -0.39 is 0 Å². The third-order valence-electron chi connectivity index (χ3n) is 3.66. The summed E-state index contributed by atoms with van der Waals surface area (Å²) in [6, 6.07) is 2.61. The minimum absolute atomic E-state index is 0.123. The van der Waals surface area contributed by atoms with Gasteiger partial charge in [-0.2, -0.15) is 5.10 Å². The Labute approximate surface area is 126 Å². The van der Waals surface area contributed by atoms with Crippen molar-refractivity contribution in [2.45, 2.75) is 18.9 Å². The minimum Gasteiger partial charge on any atom is -0.372 e. The number of likely N-dealkylation sites (tertiary alicyclic amines) is 1. The predicted molar refractivity (Wildman–Crippen MR) is 79.4 cm³/mol. The molecule has 8 heteroatoms. The molecular formula is C14H16N6O2.